The van der Waals surface area contributed by atoms with Crippen LogP contribution in [0.15, 0.2) is 6.20 Å². The zero-order valence-electron chi connectivity index (χ0n) is 9.85. The standard InChI is InChI=1S/C12H20N2OS/c1-2-10-6-4-3-5-7-14(10)12-13-8-11(9-15)16-12/h8,10,15H,2-7,9H2,1H3. The molecule has 0 radical (unpaired) electrons. The smallest absolute Gasteiger partial charge is 0.185 e. The molecule has 0 amide bonds. The highest BCUT2D eigenvalue weighted by Gasteiger charge is 2.21. The summed E-state index contributed by atoms with van der Waals surface area (Å²) in [6.45, 7) is 3.49. The topological polar surface area (TPSA) is 36.4 Å². The van der Waals surface area contributed by atoms with Crippen LogP contribution in [0.2, 0.25) is 0 Å². The highest BCUT2D eigenvalue weighted by atomic mass is 32.1. The number of aliphatic hydroxyl groups excluding tert-OH is 1. The van der Waals surface area contributed by atoms with Crippen LogP contribution >= 0.6 is 11.3 Å². The minimum atomic E-state index is 0.113. The van der Waals surface area contributed by atoms with Gasteiger partial charge in [0.05, 0.1) is 11.5 Å². The van der Waals surface area contributed by atoms with E-state index in [1.54, 1.807) is 17.5 Å². The van der Waals surface area contributed by atoms with Crippen molar-refractivity contribution in [3.8, 4) is 0 Å². The van der Waals surface area contributed by atoms with E-state index in [9.17, 15) is 0 Å². The molecule has 0 bridgehead atoms. The Kier molecular flexibility index (Phi) is 4.18. The van der Waals surface area contributed by atoms with Crippen molar-refractivity contribution in [3.63, 3.8) is 0 Å². The number of rotatable bonds is 3. The maximum atomic E-state index is 9.08. The summed E-state index contributed by atoms with van der Waals surface area (Å²) >= 11 is 1.63. The van der Waals surface area contributed by atoms with Crippen molar-refractivity contribution in [2.24, 2.45) is 0 Å². The molecular formula is C12H20N2OS. The number of aromatic nitrogens is 1. The molecule has 1 aromatic heterocycles. The van der Waals surface area contributed by atoms with Crippen LogP contribution < -0.4 is 4.90 Å². The molecule has 0 aliphatic carbocycles. The molecule has 1 unspecified atom stereocenters. The van der Waals surface area contributed by atoms with E-state index in [1.165, 1.54) is 32.1 Å². The molecule has 0 saturated carbocycles. The van der Waals surface area contributed by atoms with Gasteiger partial charge in [-0.3, -0.25) is 0 Å². The molecule has 0 aromatic carbocycles. The second-order valence-corrected chi connectivity index (χ2v) is 5.47. The lowest BCUT2D eigenvalue weighted by molar-refractivity contribution is 0.285. The Morgan fingerprint density at radius 2 is 2.38 bits per heavy atom. The van der Waals surface area contributed by atoms with Crippen molar-refractivity contribution in [3.05, 3.63) is 11.1 Å². The van der Waals surface area contributed by atoms with Crippen LogP contribution in [0.3, 0.4) is 0 Å². The second-order valence-electron chi connectivity index (χ2n) is 4.37. The third kappa shape index (κ3) is 2.55. The van der Waals surface area contributed by atoms with Crippen LogP contribution in [0, 0.1) is 0 Å². The monoisotopic (exact) mass is 240 g/mol. The highest BCUT2D eigenvalue weighted by Crippen LogP contribution is 2.29. The third-order valence-corrected chi connectivity index (χ3v) is 4.31. The van der Waals surface area contributed by atoms with Gasteiger partial charge in [0, 0.05) is 18.8 Å². The average Bonchev–Trinajstić information content (AvgIpc) is 2.66. The Labute approximate surface area is 101 Å². The van der Waals surface area contributed by atoms with Crippen LogP contribution in [-0.4, -0.2) is 22.7 Å². The minimum Gasteiger partial charge on any atom is -0.391 e. The van der Waals surface area contributed by atoms with Gasteiger partial charge in [0.2, 0.25) is 0 Å². The number of anilines is 1. The first-order valence-corrected chi connectivity index (χ1v) is 6.99. The Morgan fingerprint density at radius 1 is 1.50 bits per heavy atom. The van der Waals surface area contributed by atoms with Crippen LogP contribution in [0.1, 0.15) is 43.9 Å². The molecule has 90 valence electrons. The lowest BCUT2D eigenvalue weighted by Gasteiger charge is -2.28. The van der Waals surface area contributed by atoms with Crippen LogP contribution in [-0.2, 0) is 6.61 Å². The van der Waals surface area contributed by atoms with E-state index in [0.29, 0.717) is 6.04 Å². The summed E-state index contributed by atoms with van der Waals surface area (Å²) in [6.07, 6.45) is 8.22. The van der Waals surface area contributed by atoms with E-state index in [2.05, 4.69) is 16.8 Å². The zero-order chi connectivity index (χ0) is 11.4. The van der Waals surface area contributed by atoms with E-state index < -0.39 is 0 Å². The first kappa shape index (κ1) is 11.9. The highest BCUT2D eigenvalue weighted by molar-refractivity contribution is 7.15. The van der Waals surface area contributed by atoms with Crippen molar-refractivity contribution in [1.82, 2.24) is 4.98 Å². The van der Waals surface area contributed by atoms with E-state index >= 15 is 0 Å². The van der Waals surface area contributed by atoms with E-state index in [4.69, 9.17) is 5.11 Å². The predicted octanol–water partition coefficient (Wildman–Crippen LogP) is 2.79. The maximum absolute atomic E-state index is 9.08. The van der Waals surface area contributed by atoms with Gasteiger partial charge in [0.1, 0.15) is 0 Å². The molecule has 0 spiro atoms. The Balaban J connectivity index is 2.14. The maximum Gasteiger partial charge on any atom is 0.185 e. The molecule has 1 fully saturated rings. The van der Waals surface area contributed by atoms with E-state index in [0.717, 1.165) is 16.6 Å². The summed E-state index contributed by atoms with van der Waals surface area (Å²) in [5.74, 6) is 0. The van der Waals surface area contributed by atoms with Gasteiger partial charge in [0.25, 0.3) is 0 Å². The molecule has 2 heterocycles. The summed E-state index contributed by atoms with van der Waals surface area (Å²) in [7, 11) is 0. The lowest BCUT2D eigenvalue weighted by Crippen LogP contribution is -2.34. The van der Waals surface area contributed by atoms with Gasteiger partial charge in [-0.25, -0.2) is 4.98 Å². The molecule has 1 aliphatic rings. The van der Waals surface area contributed by atoms with Crippen LogP contribution in [0.25, 0.3) is 0 Å². The summed E-state index contributed by atoms with van der Waals surface area (Å²) in [6, 6.07) is 0.639. The lowest BCUT2D eigenvalue weighted by atomic mass is 10.1. The summed E-state index contributed by atoms with van der Waals surface area (Å²) in [5, 5.41) is 10.2. The number of hydrogen-bond donors (Lipinski definition) is 1. The molecule has 1 N–H and O–H groups in total. The van der Waals surface area contributed by atoms with E-state index in [-0.39, 0.29) is 6.61 Å². The Morgan fingerprint density at radius 3 is 3.06 bits per heavy atom. The molecule has 1 aromatic rings. The molecule has 1 aliphatic heterocycles. The van der Waals surface area contributed by atoms with Gasteiger partial charge in [-0.15, -0.1) is 0 Å². The number of hydrogen-bond acceptors (Lipinski definition) is 4. The fourth-order valence-electron chi connectivity index (χ4n) is 2.36. The first-order valence-electron chi connectivity index (χ1n) is 6.17. The fourth-order valence-corrected chi connectivity index (χ4v) is 3.22. The third-order valence-electron chi connectivity index (χ3n) is 3.29. The largest absolute Gasteiger partial charge is 0.391 e. The number of aliphatic hydroxyl groups is 1. The van der Waals surface area contributed by atoms with Gasteiger partial charge in [-0.1, -0.05) is 31.1 Å². The van der Waals surface area contributed by atoms with E-state index in [1.807, 2.05) is 0 Å². The molecule has 1 saturated heterocycles. The quantitative estimate of drug-likeness (QED) is 0.882. The first-order chi connectivity index (χ1) is 7.85. The predicted molar refractivity (Wildman–Crippen MR) is 67.9 cm³/mol. The van der Waals surface area contributed by atoms with Gasteiger partial charge in [-0.2, -0.15) is 0 Å². The summed E-state index contributed by atoms with van der Waals surface area (Å²) in [5.41, 5.74) is 0. The van der Waals surface area contributed by atoms with Gasteiger partial charge in [-0.05, 0) is 19.3 Å². The fraction of sp³-hybridized carbons (Fsp3) is 0.750. The molecule has 2 rings (SSSR count). The van der Waals surface area contributed by atoms with Crippen molar-refractivity contribution in [2.45, 2.75) is 51.7 Å². The molecule has 16 heavy (non-hydrogen) atoms. The zero-order valence-corrected chi connectivity index (χ0v) is 10.7. The van der Waals surface area contributed by atoms with Gasteiger partial charge < -0.3 is 10.0 Å². The van der Waals surface area contributed by atoms with Crippen molar-refractivity contribution in [1.29, 1.82) is 0 Å². The van der Waals surface area contributed by atoms with Crippen LogP contribution in [0.5, 0.6) is 0 Å². The summed E-state index contributed by atoms with van der Waals surface area (Å²) in [4.78, 5) is 7.84. The number of thiazole rings is 1. The van der Waals surface area contributed by atoms with Gasteiger partial charge in [0.15, 0.2) is 5.13 Å². The Hall–Kier alpha value is -0.610. The number of nitrogens with zero attached hydrogens (tertiary/aromatic N) is 2. The summed E-state index contributed by atoms with van der Waals surface area (Å²) < 4.78 is 0. The average molecular weight is 240 g/mol. The van der Waals surface area contributed by atoms with Crippen LogP contribution in [0.4, 0.5) is 5.13 Å². The normalized spacial score (nSPS) is 22.1. The molecule has 4 heteroatoms. The molecular weight excluding hydrogens is 220 g/mol. The SMILES string of the molecule is CCC1CCCCCN1c1ncc(CO)s1. The second kappa shape index (κ2) is 5.64. The van der Waals surface area contributed by atoms with Crippen molar-refractivity contribution >= 4 is 16.5 Å². The molecule has 3 nitrogen and oxygen atoms in total. The van der Waals surface area contributed by atoms with Crippen molar-refractivity contribution in [2.75, 3.05) is 11.4 Å². The Bertz CT molecular complexity index is 327. The minimum absolute atomic E-state index is 0.113. The van der Waals surface area contributed by atoms with Gasteiger partial charge >= 0.3 is 0 Å². The van der Waals surface area contributed by atoms with Crippen molar-refractivity contribution < 1.29 is 5.11 Å². The molecule has 1 atom stereocenters.